The number of hydrogen-bond acceptors (Lipinski definition) is 9. The molecule has 0 bridgehead atoms. The molecule has 0 spiro atoms. The first-order valence-electron chi connectivity index (χ1n) is 17.7. The molecule has 10 heteroatoms. The molecule has 7 rings (SSSR count). The van der Waals surface area contributed by atoms with Crippen LogP contribution in [0, 0.1) is 29.6 Å². The molecule has 5 heterocycles. The van der Waals surface area contributed by atoms with E-state index in [1.807, 2.05) is 0 Å². The summed E-state index contributed by atoms with van der Waals surface area (Å²) in [4.78, 5) is 26.8. The summed E-state index contributed by atoms with van der Waals surface area (Å²) < 4.78 is 12.3. The number of hydrogen-bond donors (Lipinski definition) is 0. The quantitative estimate of drug-likeness (QED) is 0.320. The molecule has 49 heavy (non-hydrogen) atoms. The van der Waals surface area contributed by atoms with Crippen LogP contribution in [0.25, 0.3) is 10.8 Å². The number of anilines is 2. The number of aryl methyl sites for hydroxylation is 1. The van der Waals surface area contributed by atoms with E-state index in [2.05, 4.69) is 76.7 Å². The predicted molar refractivity (Wildman–Crippen MR) is 190 cm³/mol. The summed E-state index contributed by atoms with van der Waals surface area (Å²) in [7, 11) is 0. The number of piperazine rings is 1. The first-order valence-corrected chi connectivity index (χ1v) is 17.7. The van der Waals surface area contributed by atoms with Crippen LogP contribution >= 0.6 is 0 Å². The Bertz CT molecular complexity index is 1790. The van der Waals surface area contributed by atoms with Gasteiger partial charge in [0.2, 0.25) is 11.8 Å². The topological polar surface area (TPSA) is 109 Å². The first-order chi connectivity index (χ1) is 24.0. The fraction of sp³-hybridized carbons (Fsp3) is 0.487. The summed E-state index contributed by atoms with van der Waals surface area (Å²) in [5.74, 6) is 0.229. The molecule has 0 unspecified atom stereocenters. The maximum absolute atomic E-state index is 12.7. The van der Waals surface area contributed by atoms with Crippen molar-refractivity contribution in [2.45, 2.75) is 70.2 Å². The Balaban J connectivity index is 1.23. The largest absolute Gasteiger partial charge is 0.473 e. The Morgan fingerprint density at radius 1 is 1.04 bits per heavy atom. The van der Waals surface area contributed by atoms with Crippen molar-refractivity contribution in [2.75, 3.05) is 62.3 Å². The number of rotatable bonds is 7. The number of benzene rings is 2. The maximum atomic E-state index is 12.7. The predicted octanol–water partition coefficient (Wildman–Crippen LogP) is 5.12. The SMILES string of the molecule is C=CC(=O)N1CCN(c2c(C#N)c(OC3CCN(C4CCOCC4)CC3)nc3c2CCN(c2cccc4cccc(C)c24)C3)C[C@@H]1CC#N. The fourth-order valence-corrected chi connectivity index (χ4v) is 8.36. The van der Waals surface area contributed by atoms with Gasteiger partial charge >= 0.3 is 0 Å². The van der Waals surface area contributed by atoms with Gasteiger partial charge in [0, 0.05) is 75.2 Å². The zero-order valence-corrected chi connectivity index (χ0v) is 28.4. The lowest BCUT2D eigenvalue weighted by Crippen LogP contribution is -2.55. The van der Waals surface area contributed by atoms with Crippen LogP contribution in [0.4, 0.5) is 11.4 Å². The highest BCUT2D eigenvalue weighted by atomic mass is 16.5. The lowest BCUT2D eigenvalue weighted by atomic mass is 9.95. The number of nitrogens with zero attached hydrogens (tertiary/aromatic N) is 7. The van der Waals surface area contributed by atoms with E-state index in [0.717, 1.165) is 75.5 Å². The zero-order valence-electron chi connectivity index (χ0n) is 28.4. The summed E-state index contributed by atoms with van der Waals surface area (Å²) in [6.07, 6.45) is 6.11. The Labute approximate surface area is 289 Å². The van der Waals surface area contributed by atoms with Crippen LogP contribution in [0.3, 0.4) is 0 Å². The molecule has 1 aromatic heterocycles. The molecule has 0 radical (unpaired) electrons. The minimum absolute atomic E-state index is 0.0320. The van der Waals surface area contributed by atoms with E-state index in [9.17, 15) is 15.3 Å². The van der Waals surface area contributed by atoms with Crippen LogP contribution in [0.5, 0.6) is 5.88 Å². The van der Waals surface area contributed by atoms with Gasteiger partial charge in [-0.2, -0.15) is 10.5 Å². The highest BCUT2D eigenvalue weighted by Crippen LogP contribution is 2.40. The third-order valence-corrected chi connectivity index (χ3v) is 10.9. The molecule has 3 aromatic rings. The Hall–Kier alpha value is -4.64. The van der Waals surface area contributed by atoms with Crippen LogP contribution in [-0.4, -0.2) is 91.4 Å². The second-order valence-electron chi connectivity index (χ2n) is 13.7. The van der Waals surface area contributed by atoms with Gasteiger partial charge in [-0.3, -0.25) is 9.69 Å². The van der Waals surface area contributed by atoms with Crippen molar-refractivity contribution < 1.29 is 14.3 Å². The number of fused-ring (bicyclic) bond motifs is 2. The summed E-state index contributed by atoms with van der Waals surface area (Å²) in [5, 5.41) is 22.9. The van der Waals surface area contributed by atoms with E-state index < -0.39 is 0 Å². The maximum Gasteiger partial charge on any atom is 0.246 e. The van der Waals surface area contributed by atoms with Crippen molar-refractivity contribution in [3.8, 4) is 18.0 Å². The van der Waals surface area contributed by atoms with Crippen LogP contribution < -0.4 is 14.5 Å². The van der Waals surface area contributed by atoms with E-state index in [4.69, 9.17) is 14.5 Å². The number of aromatic nitrogens is 1. The van der Waals surface area contributed by atoms with E-state index in [0.29, 0.717) is 50.1 Å². The molecule has 254 valence electrons. The van der Waals surface area contributed by atoms with Crippen molar-refractivity contribution in [2.24, 2.45) is 0 Å². The van der Waals surface area contributed by atoms with Gasteiger partial charge in [0.25, 0.3) is 0 Å². The summed E-state index contributed by atoms with van der Waals surface area (Å²) in [6.45, 7) is 12.2. The number of carbonyl (C=O) groups is 1. The van der Waals surface area contributed by atoms with Crippen LogP contribution in [0.15, 0.2) is 49.1 Å². The minimum Gasteiger partial charge on any atom is -0.473 e. The summed E-state index contributed by atoms with van der Waals surface area (Å²) in [6, 6.07) is 17.9. The fourth-order valence-electron chi connectivity index (χ4n) is 8.36. The molecule has 0 N–H and O–H groups in total. The molecule has 3 fully saturated rings. The molecule has 3 saturated heterocycles. The van der Waals surface area contributed by atoms with Gasteiger partial charge in [-0.1, -0.05) is 36.9 Å². The molecular formula is C39H45N7O3. The van der Waals surface area contributed by atoms with Gasteiger partial charge in [-0.25, -0.2) is 4.98 Å². The Morgan fingerprint density at radius 2 is 1.82 bits per heavy atom. The molecule has 4 aliphatic rings. The molecule has 1 atom stereocenters. The van der Waals surface area contributed by atoms with Crippen LogP contribution in [-0.2, 0) is 22.5 Å². The van der Waals surface area contributed by atoms with E-state index >= 15 is 0 Å². The number of pyridine rings is 1. The van der Waals surface area contributed by atoms with Crippen LogP contribution in [0.2, 0.25) is 0 Å². The smallest absolute Gasteiger partial charge is 0.246 e. The number of piperidine rings is 1. The lowest BCUT2D eigenvalue weighted by Gasteiger charge is -2.43. The Kier molecular flexibility index (Phi) is 9.70. The molecule has 0 aliphatic carbocycles. The number of nitriles is 2. The van der Waals surface area contributed by atoms with E-state index in [-0.39, 0.29) is 24.5 Å². The third kappa shape index (κ3) is 6.56. The third-order valence-electron chi connectivity index (χ3n) is 10.9. The average Bonchev–Trinajstić information content (AvgIpc) is 3.14. The molecule has 4 aliphatic heterocycles. The van der Waals surface area contributed by atoms with Crippen molar-refractivity contribution >= 4 is 28.1 Å². The molecule has 0 saturated carbocycles. The van der Waals surface area contributed by atoms with Crippen molar-refractivity contribution in [3.63, 3.8) is 0 Å². The summed E-state index contributed by atoms with van der Waals surface area (Å²) >= 11 is 0. The number of ether oxygens (including phenoxy) is 2. The number of likely N-dealkylation sites (tertiary alicyclic amines) is 1. The zero-order chi connectivity index (χ0) is 33.9. The molecule has 2 aromatic carbocycles. The standard InChI is InChI=1S/C39H45N7O3/c1-3-36(47)46-21-20-45(25-30(46)10-16-40)38-32-13-19-44(35-9-5-8-28-7-4-6-27(2)37(28)35)26-34(32)42-39(33(38)24-41)49-31-11-17-43(18-12-31)29-14-22-48-23-15-29/h3-9,29-31H,1,10-15,17-23,25-26H2,2H3/t30-/m0/s1. The van der Waals surface area contributed by atoms with Crippen molar-refractivity contribution in [3.05, 3.63) is 71.4 Å². The van der Waals surface area contributed by atoms with Gasteiger partial charge < -0.3 is 24.2 Å². The lowest BCUT2D eigenvalue weighted by molar-refractivity contribution is -0.128. The molecule has 10 nitrogen and oxygen atoms in total. The van der Waals surface area contributed by atoms with Crippen molar-refractivity contribution in [1.29, 1.82) is 10.5 Å². The van der Waals surface area contributed by atoms with E-state index in [1.165, 1.54) is 28.1 Å². The van der Waals surface area contributed by atoms with Gasteiger partial charge in [0.05, 0.1) is 36.5 Å². The monoisotopic (exact) mass is 659 g/mol. The molecule has 1 amide bonds. The van der Waals surface area contributed by atoms with Crippen molar-refractivity contribution in [1.82, 2.24) is 14.8 Å². The number of carbonyl (C=O) groups excluding carboxylic acids is 1. The minimum atomic E-state index is -0.308. The van der Waals surface area contributed by atoms with Gasteiger partial charge in [-0.15, -0.1) is 0 Å². The summed E-state index contributed by atoms with van der Waals surface area (Å²) in [5.41, 5.74) is 5.71. The number of amides is 1. The highest BCUT2D eigenvalue weighted by molar-refractivity contribution is 5.97. The first kappa shape index (κ1) is 32.9. The van der Waals surface area contributed by atoms with Gasteiger partial charge in [0.15, 0.2) is 0 Å². The van der Waals surface area contributed by atoms with Gasteiger partial charge in [0.1, 0.15) is 17.7 Å². The normalized spacial score (nSPS) is 20.8. The molecular weight excluding hydrogens is 614 g/mol. The van der Waals surface area contributed by atoms with Gasteiger partial charge in [-0.05, 0) is 62.1 Å². The average molecular weight is 660 g/mol. The van der Waals surface area contributed by atoms with Crippen LogP contribution in [0.1, 0.15) is 54.5 Å². The Morgan fingerprint density at radius 3 is 2.55 bits per heavy atom. The highest BCUT2D eigenvalue weighted by Gasteiger charge is 2.36. The second-order valence-corrected chi connectivity index (χ2v) is 13.7. The van der Waals surface area contributed by atoms with E-state index in [1.54, 1.807) is 4.90 Å². The second kappa shape index (κ2) is 14.5.